The molecule has 0 unspecified atom stereocenters. The molecule has 1 aromatic heterocycles. The molecule has 0 N–H and O–H groups in total. The minimum Gasteiger partial charge on any atom is -0.294 e. The number of carbonyl (C=O) groups is 1. The van der Waals surface area contributed by atoms with Crippen molar-refractivity contribution < 1.29 is 4.79 Å². The van der Waals surface area contributed by atoms with E-state index in [9.17, 15) is 4.79 Å². The van der Waals surface area contributed by atoms with Gasteiger partial charge in [0.25, 0.3) is 0 Å². The number of hydrogen-bond acceptors (Lipinski definition) is 2. The Labute approximate surface area is 94.1 Å². The fourth-order valence-electron chi connectivity index (χ4n) is 2.28. The van der Waals surface area contributed by atoms with Crippen molar-refractivity contribution in [3.63, 3.8) is 0 Å². The summed E-state index contributed by atoms with van der Waals surface area (Å²) in [6.07, 6.45) is 2.41. The van der Waals surface area contributed by atoms with Gasteiger partial charge in [-0.3, -0.25) is 9.48 Å². The summed E-state index contributed by atoms with van der Waals surface area (Å²) in [6, 6.07) is 5.86. The molecule has 82 valence electrons. The van der Waals surface area contributed by atoms with E-state index >= 15 is 0 Å². The molecule has 3 nitrogen and oxygen atoms in total. The molecule has 2 aromatic rings. The summed E-state index contributed by atoms with van der Waals surface area (Å²) in [5, 5.41) is 5.63. The van der Waals surface area contributed by atoms with Crippen molar-refractivity contribution in [3.8, 4) is 0 Å². The normalized spacial score (nSPS) is 15.6. The molecular formula is C13H14N2O. The highest BCUT2D eigenvalue weighted by Crippen LogP contribution is 2.43. The first kappa shape index (κ1) is 9.58. The molecule has 0 aliphatic heterocycles. The van der Waals surface area contributed by atoms with Gasteiger partial charge in [-0.2, -0.15) is 5.10 Å². The van der Waals surface area contributed by atoms with Crippen molar-refractivity contribution in [2.45, 2.75) is 25.7 Å². The number of aryl methyl sites for hydroxylation is 1. The Kier molecular flexibility index (Phi) is 1.90. The van der Waals surface area contributed by atoms with Crippen LogP contribution in [0.15, 0.2) is 18.2 Å². The predicted octanol–water partition coefficient (Wildman–Crippen LogP) is 2.65. The number of benzene rings is 1. The minimum atomic E-state index is 0.125. The topological polar surface area (TPSA) is 34.9 Å². The van der Waals surface area contributed by atoms with Gasteiger partial charge in [-0.25, -0.2) is 0 Å². The van der Waals surface area contributed by atoms with Crippen molar-refractivity contribution in [1.82, 2.24) is 9.78 Å². The summed E-state index contributed by atoms with van der Waals surface area (Å²) in [5.74, 6) is 0.699. The van der Waals surface area contributed by atoms with E-state index in [1.807, 2.05) is 29.9 Å². The fraction of sp³-hybridized carbons (Fsp3) is 0.385. The number of nitrogens with zero attached hydrogens (tertiary/aromatic N) is 2. The maximum atomic E-state index is 11.6. The highest BCUT2D eigenvalue weighted by molar-refractivity contribution is 6.07. The fourth-order valence-corrected chi connectivity index (χ4v) is 2.28. The Hall–Kier alpha value is -1.64. The maximum absolute atomic E-state index is 11.6. The highest BCUT2D eigenvalue weighted by atomic mass is 16.1. The van der Waals surface area contributed by atoms with Crippen LogP contribution in [-0.4, -0.2) is 15.6 Å². The number of fused-ring (bicyclic) bond motifs is 1. The number of ketones is 1. The molecule has 0 spiro atoms. The molecule has 1 saturated carbocycles. The zero-order valence-electron chi connectivity index (χ0n) is 9.53. The van der Waals surface area contributed by atoms with Crippen molar-refractivity contribution in [2.24, 2.45) is 7.05 Å². The molecule has 1 aliphatic rings. The van der Waals surface area contributed by atoms with E-state index in [4.69, 9.17) is 0 Å². The molecule has 3 rings (SSSR count). The number of carbonyl (C=O) groups excluding carboxylic acids is 1. The summed E-state index contributed by atoms with van der Waals surface area (Å²) < 4.78 is 1.88. The van der Waals surface area contributed by atoms with Gasteiger partial charge in [-0.05, 0) is 25.8 Å². The van der Waals surface area contributed by atoms with Crippen LogP contribution in [0.5, 0.6) is 0 Å². The third-order valence-electron chi connectivity index (χ3n) is 3.25. The molecule has 3 heteroatoms. The van der Waals surface area contributed by atoms with Crippen molar-refractivity contribution in [3.05, 3.63) is 29.5 Å². The molecule has 1 aliphatic carbocycles. The van der Waals surface area contributed by atoms with E-state index in [0.717, 1.165) is 22.2 Å². The van der Waals surface area contributed by atoms with E-state index < -0.39 is 0 Å². The van der Waals surface area contributed by atoms with Crippen molar-refractivity contribution in [1.29, 1.82) is 0 Å². The quantitative estimate of drug-likeness (QED) is 0.720. The molecule has 0 atom stereocenters. The van der Waals surface area contributed by atoms with Gasteiger partial charge in [-0.1, -0.05) is 12.1 Å². The third-order valence-corrected chi connectivity index (χ3v) is 3.25. The van der Waals surface area contributed by atoms with E-state index in [0.29, 0.717) is 5.92 Å². The van der Waals surface area contributed by atoms with E-state index in [1.54, 1.807) is 6.92 Å². The van der Waals surface area contributed by atoms with Crippen LogP contribution >= 0.6 is 0 Å². The van der Waals surface area contributed by atoms with Gasteiger partial charge in [0.2, 0.25) is 0 Å². The van der Waals surface area contributed by atoms with Crippen LogP contribution in [0.25, 0.3) is 10.9 Å². The summed E-state index contributed by atoms with van der Waals surface area (Å²) in [4.78, 5) is 11.6. The van der Waals surface area contributed by atoms with Gasteiger partial charge in [-0.15, -0.1) is 0 Å². The second-order valence-electron chi connectivity index (χ2n) is 4.54. The minimum absolute atomic E-state index is 0.125. The van der Waals surface area contributed by atoms with Gasteiger partial charge < -0.3 is 0 Å². The zero-order chi connectivity index (χ0) is 11.3. The lowest BCUT2D eigenvalue weighted by molar-refractivity contribution is 0.101. The summed E-state index contributed by atoms with van der Waals surface area (Å²) in [5.41, 5.74) is 2.99. The van der Waals surface area contributed by atoms with Crippen LogP contribution in [0.1, 0.15) is 41.7 Å². The van der Waals surface area contributed by atoms with Gasteiger partial charge in [0.1, 0.15) is 0 Å². The lowest BCUT2D eigenvalue weighted by Crippen LogP contribution is -1.94. The second kappa shape index (κ2) is 3.17. The van der Waals surface area contributed by atoms with E-state index in [1.165, 1.54) is 12.8 Å². The highest BCUT2D eigenvalue weighted by Gasteiger charge is 2.30. The SMILES string of the molecule is CC(=O)c1cccc2c1c(C1CC1)nn2C. The third kappa shape index (κ3) is 1.28. The largest absolute Gasteiger partial charge is 0.294 e. The first-order valence-corrected chi connectivity index (χ1v) is 5.65. The van der Waals surface area contributed by atoms with Crippen molar-refractivity contribution in [2.75, 3.05) is 0 Å². The molecule has 0 radical (unpaired) electrons. The van der Waals surface area contributed by atoms with Crippen LogP contribution in [0.3, 0.4) is 0 Å². The standard InChI is InChI=1S/C13H14N2O/c1-8(16)10-4-3-5-11-12(10)13(9-6-7-9)14-15(11)2/h3-5,9H,6-7H2,1-2H3. The molecular weight excluding hydrogens is 200 g/mol. The Morgan fingerprint density at radius 1 is 1.44 bits per heavy atom. The summed E-state index contributed by atoms with van der Waals surface area (Å²) >= 11 is 0. The predicted molar refractivity (Wildman–Crippen MR) is 62.7 cm³/mol. The Morgan fingerprint density at radius 2 is 2.19 bits per heavy atom. The first-order chi connectivity index (χ1) is 7.68. The van der Waals surface area contributed by atoms with Crippen molar-refractivity contribution >= 4 is 16.7 Å². The Bertz CT molecular complexity index is 579. The number of Topliss-reactive ketones (excluding diaryl/α,β-unsaturated/α-hetero) is 1. The van der Waals surface area contributed by atoms with Gasteiger partial charge in [0.15, 0.2) is 5.78 Å². The molecule has 16 heavy (non-hydrogen) atoms. The molecule has 1 fully saturated rings. The van der Waals surface area contributed by atoms with Crippen LogP contribution in [-0.2, 0) is 7.05 Å². The lowest BCUT2D eigenvalue weighted by Gasteiger charge is -2.00. The van der Waals surface area contributed by atoms with Crippen LogP contribution in [0.4, 0.5) is 0 Å². The zero-order valence-corrected chi connectivity index (χ0v) is 9.53. The summed E-state index contributed by atoms with van der Waals surface area (Å²) in [6.45, 7) is 1.62. The summed E-state index contributed by atoms with van der Waals surface area (Å²) in [7, 11) is 1.94. The van der Waals surface area contributed by atoms with Crippen LogP contribution in [0.2, 0.25) is 0 Å². The molecule has 0 saturated heterocycles. The van der Waals surface area contributed by atoms with Crippen LogP contribution < -0.4 is 0 Å². The van der Waals surface area contributed by atoms with Gasteiger partial charge in [0.05, 0.1) is 11.2 Å². The Balaban J connectivity index is 2.38. The second-order valence-corrected chi connectivity index (χ2v) is 4.54. The monoisotopic (exact) mass is 214 g/mol. The average Bonchev–Trinajstić information content (AvgIpc) is 3.04. The van der Waals surface area contributed by atoms with E-state index in [-0.39, 0.29) is 5.78 Å². The van der Waals surface area contributed by atoms with Gasteiger partial charge in [0, 0.05) is 23.9 Å². The number of aromatic nitrogens is 2. The van der Waals surface area contributed by atoms with Crippen LogP contribution in [0, 0.1) is 0 Å². The Morgan fingerprint density at radius 3 is 2.81 bits per heavy atom. The lowest BCUT2D eigenvalue weighted by atomic mass is 10.0. The average molecular weight is 214 g/mol. The van der Waals surface area contributed by atoms with E-state index in [2.05, 4.69) is 5.10 Å². The molecule has 1 heterocycles. The smallest absolute Gasteiger partial charge is 0.160 e. The maximum Gasteiger partial charge on any atom is 0.160 e. The molecule has 1 aromatic carbocycles. The number of hydrogen-bond donors (Lipinski definition) is 0. The molecule has 0 bridgehead atoms. The first-order valence-electron chi connectivity index (χ1n) is 5.65. The van der Waals surface area contributed by atoms with Gasteiger partial charge >= 0.3 is 0 Å². The molecule has 0 amide bonds. The number of rotatable bonds is 2.